The molecule has 2 amide bonds. The molecule has 2 rings (SSSR count). The van der Waals surface area contributed by atoms with Crippen LogP contribution in [-0.4, -0.2) is 16.7 Å². The van der Waals surface area contributed by atoms with Crippen molar-refractivity contribution >= 4 is 23.2 Å². The molecule has 0 bridgehead atoms. The van der Waals surface area contributed by atoms with E-state index in [2.05, 4.69) is 0 Å². The van der Waals surface area contributed by atoms with Crippen molar-refractivity contribution in [3.63, 3.8) is 0 Å². The summed E-state index contributed by atoms with van der Waals surface area (Å²) in [6.07, 6.45) is 1.76. The van der Waals surface area contributed by atoms with Crippen LogP contribution >= 0.6 is 0 Å². The molecule has 1 unspecified atom stereocenters. The molecule has 0 aliphatic carbocycles. The first-order valence-corrected chi connectivity index (χ1v) is 6.16. The number of amides is 2. The summed E-state index contributed by atoms with van der Waals surface area (Å²) in [6, 6.07) is 5.45. The summed E-state index contributed by atoms with van der Waals surface area (Å²) in [5.41, 5.74) is 0.340. The van der Waals surface area contributed by atoms with Crippen LogP contribution in [0.15, 0.2) is 24.3 Å². The molecule has 0 spiro atoms. The second-order valence-electron chi connectivity index (χ2n) is 4.53. The number of carbonyl (C=O) groups excluding carboxylic acids is 2. The van der Waals surface area contributed by atoms with Crippen LogP contribution < -0.4 is 4.90 Å². The summed E-state index contributed by atoms with van der Waals surface area (Å²) < 4.78 is 0. The molecule has 0 aromatic heterocycles. The molecule has 6 heteroatoms. The Morgan fingerprint density at radius 1 is 1.32 bits per heavy atom. The maximum absolute atomic E-state index is 12.1. The second kappa shape index (κ2) is 5.17. The molecule has 1 aromatic carbocycles. The van der Waals surface area contributed by atoms with Crippen LogP contribution in [0.25, 0.3) is 0 Å². The fourth-order valence-electron chi connectivity index (χ4n) is 2.26. The molecule has 1 atom stereocenters. The first kappa shape index (κ1) is 13.2. The number of non-ortho nitro benzene ring substituents is 1. The predicted molar refractivity (Wildman–Crippen MR) is 68.6 cm³/mol. The standard InChI is InChI=1S/C13H14N2O4/c1-2-3-9-8-12(16)14(13(9)17)10-4-6-11(7-5-10)15(18)19/h4-7,9H,2-3,8H2,1H3. The van der Waals surface area contributed by atoms with Crippen molar-refractivity contribution in [1.29, 1.82) is 0 Å². The van der Waals surface area contributed by atoms with Crippen LogP contribution in [0.4, 0.5) is 11.4 Å². The zero-order valence-corrected chi connectivity index (χ0v) is 10.5. The third-order valence-corrected chi connectivity index (χ3v) is 3.20. The zero-order valence-electron chi connectivity index (χ0n) is 10.5. The molecule has 1 aliphatic heterocycles. The fourth-order valence-corrected chi connectivity index (χ4v) is 2.26. The van der Waals surface area contributed by atoms with Gasteiger partial charge in [0, 0.05) is 24.5 Å². The van der Waals surface area contributed by atoms with Gasteiger partial charge in [-0.3, -0.25) is 24.6 Å². The van der Waals surface area contributed by atoms with E-state index in [-0.39, 0.29) is 29.8 Å². The summed E-state index contributed by atoms with van der Waals surface area (Å²) >= 11 is 0. The summed E-state index contributed by atoms with van der Waals surface area (Å²) in [5, 5.41) is 10.6. The number of hydrogen-bond donors (Lipinski definition) is 0. The van der Waals surface area contributed by atoms with Gasteiger partial charge in [-0.1, -0.05) is 13.3 Å². The minimum absolute atomic E-state index is 0.0621. The average molecular weight is 262 g/mol. The highest BCUT2D eigenvalue weighted by Crippen LogP contribution is 2.29. The third kappa shape index (κ3) is 2.47. The molecule has 0 N–H and O–H groups in total. The van der Waals surface area contributed by atoms with Crippen molar-refractivity contribution in [2.45, 2.75) is 26.2 Å². The summed E-state index contributed by atoms with van der Waals surface area (Å²) in [4.78, 5) is 35.1. The highest BCUT2D eigenvalue weighted by atomic mass is 16.6. The topological polar surface area (TPSA) is 80.5 Å². The maximum atomic E-state index is 12.1. The first-order chi connectivity index (χ1) is 9.04. The van der Waals surface area contributed by atoms with Crippen molar-refractivity contribution < 1.29 is 14.5 Å². The Balaban J connectivity index is 2.24. The Bertz CT molecular complexity index is 524. The van der Waals surface area contributed by atoms with Gasteiger partial charge in [-0.15, -0.1) is 0 Å². The molecule has 0 saturated carbocycles. The molecule has 0 radical (unpaired) electrons. The highest BCUT2D eigenvalue weighted by Gasteiger charge is 2.38. The number of nitro benzene ring substituents is 1. The zero-order chi connectivity index (χ0) is 14.0. The van der Waals surface area contributed by atoms with Gasteiger partial charge in [-0.25, -0.2) is 0 Å². The third-order valence-electron chi connectivity index (χ3n) is 3.20. The van der Waals surface area contributed by atoms with E-state index in [1.54, 1.807) is 0 Å². The lowest BCUT2D eigenvalue weighted by Gasteiger charge is -2.14. The minimum atomic E-state index is -0.517. The Hall–Kier alpha value is -2.24. The molecule has 6 nitrogen and oxygen atoms in total. The number of nitrogens with zero attached hydrogens (tertiary/aromatic N) is 2. The van der Waals surface area contributed by atoms with Crippen LogP contribution in [-0.2, 0) is 9.59 Å². The normalized spacial score (nSPS) is 19.0. The monoisotopic (exact) mass is 262 g/mol. The number of imide groups is 1. The number of nitro groups is 1. The summed E-state index contributed by atoms with van der Waals surface area (Å²) in [7, 11) is 0. The molecular formula is C13H14N2O4. The van der Waals surface area contributed by atoms with Crippen LogP contribution in [0, 0.1) is 16.0 Å². The van der Waals surface area contributed by atoms with Gasteiger partial charge in [-0.05, 0) is 18.6 Å². The molecule has 1 aliphatic rings. The Kier molecular flexibility index (Phi) is 3.59. The smallest absolute Gasteiger partial charge is 0.269 e. The number of anilines is 1. The van der Waals surface area contributed by atoms with Gasteiger partial charge in [-0.2, -0.15) is 0 Å². The van der Waals surface area contributed by atoms with Crippen molar-refractivity contribution in [3.8, 4) is 0 Å². The second-order valence-corrected chi connectivity index (χ2v) is 4.53. The number of benzene rings is 1. The molecule has 1 fully saturated rings. The molecule has 100 valence electrons. The van der Waals surface area contributed by atoms with Crippen LogP contribution in [0.2, 0.25) is 0 Å². The maximum Gasteiger partial charge on any atom is 0.269 e. The SMILES string of the molecule is CCCC1CC(=O)N(c2ccc([N+](=O)[O-])cc2)C1=O. The predicted octanol–water partition coefficient (Wildman–Crippen LogP) is 2.27. The van der Waals surface area contributed by atoms with Gasteiger partial charge < -0.3 is 0 Å². The lowest BCUT2D eigenvalue weighted by Crippen LogP contribution is -2.30. The highest BCUT2D eigenvalue weighted by molar-refractivity contribution is 6.20. The van der Waals surface area contributed by atoms with E-state index < -0.39 is 4.92 Å². The van der Waals surface area contributed by atoms with Crippen molar-refractivity contribution in [2.24, 2.45) is 5.92 Å². The Morgan fingerprint density at radius 3 is 2.47 bits per heavy atom. The van der Waals surface area contributed by atoms with E-state index in [0.29, 0.717) is 12.1 Å². The number of carbonyl (C=O) groups is 2. The van der Waals surface area contributed by atoms with E-state index in [1.807, 2.05) is 6.92 Å². The van der Waals surface area contributed by atoms with Gasteiger partial charge in [0.05, 0.1) is 10.6 Å². The minimum Gasteiger partial charge on any atom is -0.274 e. The van der Waals surface area contributed by atoms with Crippen LogP contribution in [0.5, 0.6) is 0 Å². The number of hydrogen-bond acceptors (Lipinski definition) is 4. The molecule has 1 saturated heterocycles. The Labute approximate surface area is 110 Å². The Morgan fingerprint density at radius 2 is 1.95 bits per heavy atom. The lowest BCUT2D eigenvalue weighted by atomic mass is 10.0. The van der Waals surface area contributed by atoms with Crippen molar-refractivity contribution in [3.05, 3.63) is 34.4 Å². The van der Waals surface area contributed by atoms with Crippen LogP contribution in [0.1, 0.15) is 26.2 Å². The van der Waals surface area contributed by atoms with Gasteiger partial charge in [0.1, 0.15) is 0 Å². The van der Waals surface area contributed by atoms with E-state index >= 15 is 0 Å². The van der Waals surface area contributed by atoms with E-state index in [9.17, 15) is 19.7 Å². The van der Waals surface area contributed by atoms with Gasteiger partial charge in [0.15, 0.2) is 0 Å². The van der Waals surface area contributed by atoms with E-state index in [4.69, 9.17) is 0 Å². The largest absolute Gasteiger partial charge is 0.274 e. The summed E-state index contributed by atoms with van der Waals surface area (Å²) in [6.45, 7) is 1.96. The van der Waals surface area contributed by atoms with Crippen molar-refractivity contribution in [1.82, 2.24) is 0 Å². The molecule has 1 heterocycles. The lowest BCUT2D eigenvalue weighted by molar-refractivity contribution is -0.384. The molecular weight excluding hydrogens is 248 g/mol. The first-order valence-electron chi connectivity index (χ1n) is 6.16. The molecule has 19 heavy (non-hydrogen) atoms. The van der Waals surface area contributed by atoms with Gasteiger partial charge in [0.25, 0.3) is 5.69 Å². The van der Waals surface area contributed by atoms with E-state index in [1.165, 1.54) is 24.3 Å². The number of rotatable bonds is 4. The summed E-state index contributed by atoms with van der Waals surface area (Å²) in [5.74, 6) is -0.703. The molecule has 1 aromatic rings. The van der Waals surface area contributed by atoms with Crippen LogP contribution in [0.3, 0.4) is 0 Å². The van der Waals surface area contributed by atoms with Gasteiger partial charge in [0.2, 0.25) is 11.8 Å². The average Bonchev–Trinajstić information content (AvgIpc) is 2.65. The van der Waals surface area contributed by atoms with Crippen molar-refractivity contribution in [2.75, 3.05) is 4.90 Å². The van der Waals surface area contributed by atoms with E-state index in [0.717, 1.165) is 11.3 Å². The fraction of sp³-hybridized carbons (Fsp3) is 0.385. The quantitative estimate of drug-likeness (QED) is 0.473. The van der Waals surface area contributed by atoms with Gasteiger partial charge >= 0.3 is 0 Å².